The van der Waals surface area contributed by atoms with E-state index in [4.69, 9.17) is 0 Å². The lowest BCUT2D eigenvalue weighted by molar-refractivity contribution is -0.111. The zero-order valence-electron chi connectivity index (χ0n) is 6.60. The first-order valence-electron chi connectivity index (χ1n) is 3.47. The number of rotatable bonds is 0. The SMILES string of the molecule is CC(=O)C#Cc1ccccc1F. The van der Waals surface area contributed by atoms with E-state index in [0.29, 0.717) is 0 Å². The Kier molecular flexibility index (Phi) is 2.60. The largest absolute Gasteiger partial charge is 0.285 e. The van der Waals surface area contributed by atoms with Gasteiger partial charge in [-0.3, -0.25) is 4.79 Å². The van der Waals surface area contributed by atoms with Gasteiger partial charge >= 0.3 is 0 Å². The maximum Gasteiger partial charge on any atom is 0.202 e. The molecule has 0 amide bonds. The van der Waals surface area contributed by atoms with Gasteiger partial charge in [0.05, 0.1) is 5.56 Å². The molecular formula is C10H7FO. The van der Waals surface area contributed by atoms with Crippen LogP contribution in [0.4, 0.5) is 4.39 Å². The highest BCUT2D eigenvalue weighted by Crippen LogP contribution is 2.03. The zero-order valence-corrected chi connectivity index (χ0v) is 6.60. The second kappa shape index (κ2) is 3.68. The van der Waals surface area contributed by atoms with Crippen LogP contribution >= 0.6 is 0 Å². The van der Waals surface area contributed by atoms with Gasteiger partial charge in [-0.05, 0) is 18.1 Å². The lowest BCUT2D eigenvalue weighted by Gasteiger charge is -1.89. The molecule has 0 bridgehead atoms. The van der Waals surface area contributed by atoms with E-state index in [2.05, 4.69) is 11.8 Å². The predicted octanol–water partition coefficient (Wildman–Crippen LogP) is 1.77. The third-order valence-electron chi connectivity index (χ3n) is 1.25. The molecule has 60 valence electrons. The second-order valence-electron chi connectivity index (χ2n) is 2.29. The minimum Gasteiger partial charge on any atom is -0.285 e. The van der Waals surface area contributed by atoms with E-state index < -0.39 is 5.82 Å². The molecule has 0 saturated heterocycles. The molecule has 2 heteroatoms. The summed E-state index contributed by atoms with van der Waals surface area (Å²) in [4.78, 5) is 10.4. The smallest absolute Gasteiger partial charge is 0.202 e. The van der Waals surface area contributed by atoms with E-state index in [1.54, 1.807) is 12.1 Å². The molecule has 0 N–H and O–H groups in total. The fraction of sp³-hybridized carbons (Fsp3) is 0.100. The number of carbonyl (C=O) groups is 1. The molecule has 0 fully saturated rings. The van der Waals surface area contributed by atoms with Crippen LogP contribution in [0.1, 0.15) is 12.5 Å². The van der Waals surface area contributed by atoms with E-state index in [1.165, 1.54) is 19.1 Å². The fourth-order valence-corrected chi connectivity index (χ4v) is 0.718. The molecule has 0 aliphatic heterocycles. The molecule has 1 nitrogen and oxygen atoms in total. The lowest BCUT2D eigenvalue weighted by atomic mass is 10.2. The van der Waals surface area contributed by atoms with Gasteiger partial charge in [-0.2, -0.15) is 0 Å². The number of hydrogen-bond donors (Lipinski definition) is 0. The molecule has 1 aromatic carbocycles. The Labute approximate surface area is 70.2 Å². The number of halogens is 1. The first-order chi connectivity index (χ1) is 5.70. The summed E-state index contributed by atoms with van der Waals surface area (Å²) >= 11 is 0. The lowest BCUT2D eigenvalue weighted by Crippen LogP contribution is -1.84. The van der Waals surface area contributed by atoms with Crippen molar-refractivity contribution in [3.63, 3.8) is 0 Å². The van der Waals surface area contributed by atoms with Gasteiger partial charge in [0.15, 0.2) is 0 Å². The van der Waals surface area contributed by atoms with Crippen LogP contribution in [0, 0.1) is 17.7 Å². The normalized spacial score (nSPS) is 8.50. The Morgan fingerprint density at radius 2 is 2.08 bits per heavy atom. The molecule has 0 atom stereocenters. The number of ketones is 1. The minimum atomic E-state index is -0.397. The molecule has 1 aromatic rings. The Balaban J connectivity index is 2.99. The topological polar surface area (TPSA) is 17.1 Å². The molecule has 0 heterocycles. The van der Waals surface area contributed by atoms with Crippen molar-refractivity contribution in [2.24, 2.45) is 0 Å². The maximum absolute atomic E-state index is 12.8. The van der Waals surface area contributed by atoms with Crippen LogP contribution in [-0.2, 0) is 4.79 Å². The fourth-order valence-electron chi connectivity index (χ4n) is 0.718. The zero-order chi connectivity index (χ0) is 8.97. The van der Waals surface area contributed by atoms with Gasteiger partial charge in [0.1, 0.15) is 5.82 Å². The first-order valence-corrected chi connectivity index (χ1v) is 3.47. The minimum absolute atomic E-state index is 0.257. The number of hydrogen-bond acceptors (Lipinski definition) is 1. The van der Waals surface area contributed by atoms with Crippen molar-refractivity contribution >= 4 is 5.78 Å². The summed E-state index contributed by atoms with van der Waals surface area (Å²) in [5, 5.41) is 0. The van der Waals surface area contributed by atoms with Crippen LogP contribution in [0.2, 0.25) is 0 Å². The molecule has 0 unspecified atom stereocenters. The quantitative estimate of drug-likeness (QED) is 0.531. The molecule has 0 saturated carbocycles. The van der Waals surface area contributed by atoms with Crippen molar-refractivity contribution in [3.05, 3.63) is 35.6 Å². The van der Waals surface area contributed by atoms with Crippen LogP contribution in [0.15, 0.2) is 24.3 Å². The van der Waals surface area contributed by atoms with Crippen molar-refractivity contribution in [1.29, 1.82) is 0 Å². The van der Waals surface area contributed by atoms with E-state index in [9.17, 15) is 9.18 Å². The average Bonchev–Trinajstić information content (AvgIpc) is 2.03. The van der Waals surface area contributed by atoms with Crippen LogP contribution in [0.5, 0.6) is 0 Å². The molecular weight excluding hydrogens is 155 g/mol. The van der Waals surface area contributed by atoms with E-state index in [1.807, 2.05) is 0 Å². The van der Waals surface area contributed by atoms with Crippen LogP contribution in [0.25, 0.3) is 0 Å². The maximum atomic E-state index is 12.8. The second-order valence-corrected chi connectivity index (χ2v) is 2.29. The summed E-state index contributed by atoms with van der Waals surface area (Å²) in [5.74, 6) is 4.05. The van der Waals surface area contributed by atoms with Crippen molar-refractivity contribution in [3.8, 4) is 11.8 Å². The Hall–Kier alpha value is -1.62. The van der Waals surface area contributed by atoms with Gasteiger partial charge < -0.3 is 0 Å². The summed E-state index contributed by atoms with van der Waals surface area (Å²) < 4.78 is 12.8. The van der Waals surface area contributed by atoms with Gasteiger partial charge in [-0.25, -0.2) is 4.39 Å². The predicted molar refractivity (Wildman–Crippen MR) is 44.0 cm³/mol. The molecule has 0 aliphatic rings. The molecule has 0 radical (unpaired) electrons. The summed E-state index contributed by atoms with van der Waals surface area (Å²) in [7, 11) is 0. The molecule has 0 spiro atoms. The molecule has 12 heavy (non-hydrogen) atoms. The third kappa shape index (κ3) is 2.21. The van der Waals surface area contributed by atoms with Crippen LogP contribution < -0.4 is 0 Å². The van der Waals surface area contributed by atoms with Crippen molar-refractivity contribution in [1.82, 2.24) is 0 Å². The summed E-state index contributed by atoms with van der Waals surface area (Å²) in [6.07, 6.45) is 0. The highest BCUT2D eigenvalue weighted by Gasteiger charge is 1.94. The van der Waals surface area contributed by atoms with Crippen LogP contribution in [0.3, 0.4) is 0 Å². The van der Waals surface area contributed by atoms with Crippen molar-refractivity contribution in [2.75, 3.05) is 0 Å². The molecule has 0 aromatic heterocycles. The average molecular weight is 162 g/mol. The Bertz CT molecular complexity index is 358. The standard InChI is InChI=1S/C10H7FO/c1-8(12)6-7-9-4-2-3-5-10(9)11/h2-5H,1H3. The van der Waals surface area contributed by atoms with Gasteiger partial charge in [-0.1, -0.05) is 18.1 Å². The van der Waals surface area contributed by atoms with E-state index in [0.717, 1.165) is 0 Å². The summed E-state index contributed by atoms with van der Waals surface area (Å²) in [6.45, 7) is 1.34. The monoisotopic (exact) mass is 162 g/mol. The summed E-state index contributed by atoms with van der Waals surface area (Å²) in [6, 6.07) is 6.09. The molecule has 1 rings (SSSR count). The van der Waals surface area contributed by atoms with Crippen molar-refractivity contribution in [2.45, 2.75) is 6.92 Å². The van der Waals surface area contributed by atoms with Gasteiger partial charge in [0.2, 0.25) is 5.78 Å². The molecule has 0 aliphatic carbocycles. The summed E-state index contributed by atoms with van der Waals surface area (Å²) in [5.41, 5.74) is 0.257. The highest BCUT2D eigenvalue weighted by atomic mass is 19.1. The van der Waals surface area contributed by atoms with Gasteiger partial charge in [-0.15, -0.1) is 0 Å². The Morgan fingerprint density at radius 3 is 2.67 bits per heavy atom. The number of Topliss-reactive ketones (excluding diaryl/α,β-unsaturated/α-hetero) is 1. The van der Waals surface area contributed by atoms with Crippen molar-refractivity contribution < 1.29 is 9.18 Å². The van der Waals surface area contributed by atoms with E-state index >= 15 is 0 Å². The number of benzene rings is 1. The first kappa shape index (κ1) is 8.48. The highest BCUT2D eigenvalue weighted by molar-refractivity contribution is 5.93. The number of carbonyl (C=O) groups excluding carboxylic acids is 1. The van der Waals surface area contributed by atoms with Crippen LogP contribution in [-0.4, -0.2) is 5.78 Å². The third-order valence-corrected chi connectivity index (χ3v) is 1.25. The van der Waals surface area contributed by atoms with Gasteiger partial charge in [0.25, 0.3) is 0 Å². The Morgan fingerprint density at radius 1 is 1.42 bits per heavy atom. The van der Waals surface area contributed by atoms with Gasteiger partial charge in [0, 0.05) is 6.92 Å². The van der Waals surface area contributed by atoms with E-state index in [-0.39, 0.29) is 11.3 Å².